The number of nitrogens with zero attached hydrogens (tertiary/aromatic N) is 4. The number of hydrogen-bond donors (Lipinski definition) is 1. The molecule has 21 heavy (non-hydrogen) atoms. The van der Waals surface area contributed by atoms with E-state index in [1.54, 1.807) is 16.7 Å². The van der Waals surface area contributed by atoms with Gasteiger partial charge in [0.05, 0.1) is 5.88 Å². The largest absolute Gasteiger partial charge is 0.341 e. The molecule has 0 aliphatic carbocycles. The van der Waals surface area contributed by atoms with Crippen LogP contribution in [-0.4, -0.2) is 67.6 Å². The van der Waals surface area contributed by atoms with E-state index in [0.29, 0.717) is 17.5 Å². The third-order valence-electron chi connectivity index (χ3n) is 4.20. The Balaban J connectivity index is 1.59. The van der Waals surface area contributed by atoms with Crippen molar-refractivity contribution in [3.8, 4) is 0 Å². The molecule has 114 valence electrons. The van der Waals surface area contributed by atoms with Crippen LogP contribution in [-0.2, 0) is 9.59 Å². The number of piperidine rings is 1. The van der Waals surface area contributed by atoms with E-state index in [4.69, 9.17) is 0 Å². The average Bonchev–Trinajstić information content (AvgIpc) is 3.18. The molecule has 1 atom stereocenters. The number of aromatic amines is 1. The SMILES string of the molecule is CC(=O)N1CSCC1C(=O)N1CCC(c2ncn[nH]2)CC1. The molecule has 0 bridgehead atoms. The fourth-order valence-electron chi connectivity index (χ4n) is 2.95. The van der Waals surface area contributed by atoms with Gasteiger partial charge in [0.25, 0.3) is 0 Å². The van der Waals surface area contributed by atoms with Crippen molar-refractivity contribution in [1.29, 1.82) is 0 Å². The van der Waals surface area contributed by atoms with Crippen LogP contribution >= 0.6 is 11.8 Å². The first-order chi connectivity index (χ1) is 10.2. The Morgan fingerprint density at radius 3 is 2.76 bits per heavy atom. The van der Waals surface area contributed by atoms with Crippen LogP contribution in [0, 0.1) is 0 Å². The van der Waals surface area contributed by atoms with Gasteiger partial charge in [-0.05, 0) is 12.8 Å². The molecule has 1 unspecified atom stereocenters. The van der Waals surface area contributed by atoms with Crippen molar-refractivity contribution in [2.75, 3.05) is 24.7 Å². The maximum absolute atomic E-state index is 12.6. The Kier molecular flexibility index (Phi) is 4.14. The van der Waals surface area contributed by atoms with Gasteiger partial charge in [-0.15, -0.1) is 11.8 Å². The number of likely N-dealkylation sites (tertiary alicyclic amines) is 1. The van der Waals surface area contributed by atoms with E-state index in [1.807, 2.05) is 4.90 Å². The van der Waals surface area contributed by atoms with Crippen molar-refractivity contribution in [2.24, 2.45) is 0 Å². The monoisotopic (exact) mass is 309 g/mol. The van der Waals surface area contributed by atoms with Gasteiger partial charge in [-0.1, -0.05) is 0 Å². The summed E-state index contributed by atoms with van der Waals surface area (Å²) in [4.78, 5) is 31.9. The number of thioether (sulfide) groups is 1. The molecule has 2 saturated heterocycles. The predicted molar refractivity (Wildman–Crippen MR) is 78.6 cm³/mol. The number of rotatable bonds is 2. The minimum atomic E-state index is -0.283. The lowest BCUT2D eigenvalue weighted by molar-refractivity contribution is -0.143. The third kappa shape index (κ3) is 2.90. The van der Waals surface area contributed by atoms with Crippen LogP contribution in [0.15, 0.2) is 6.33 Å². The maximum Gasteiger partial charge on any atom is 0.246 e. The van der Waals surface area contributed by atoms with Crippen LogP contribution in [0.25, 0.3) is 0 Å². The van der Waals surface area contributed by atoms with Gasteiger partial charge in [0.15, 0.2) is 0 Å². The molecule has 0 radical (unpaired) electrons. The van der Waals surface area contributed by atoms with Crippen LogP contribution in [0.3, 0.4) is 0 Å². The van der Waals surface area contributed by atoms with E-state index in [2.05, 4.69) is 15.2 Å². The van der Waals surface area contributed by atoms with Gasteiger partial charge in [0, 0.05) is 31.7 Å². The first kappa shape index (κ1) is 14.4. The second-order valence-corrected chi connectivity index (χ2v) is 6.47. The second kappa shape index (κ2) is 6.05. The van der Waals surface area contributed by atoms with E-state index < -0.39 is 0 Å². The number of hydrogen-bond acceptors (Lipinski definition) is 5. The quantitative estimate of drug-likeness (QED) is 0.857. The van der Waals surface area contributed by atoms with Gasteiger partial charge < -0.3 is 9.80 Å². The lowest BCUT2D eigenvalue weighted by Gasteiger charge is -2.34. The number of carbonyl (C=O) groups is 2. The van der Waals surface area contributed by atoms with Crippen LogP contribution in [0.4, 0.5) is 0 Å². The predicted octanol–water partition coefficient (Wildman–Crippen LogP) is 0.432. The van der Waals surface area contributed by atoms with Crippen LogP contribution in [0.1, 0.15) is 31.5 Å². The Bertz CT molecular complexity index is 513. The molecule has 7 nitrogen and oxygen atoms in total. The summed E-state index contributed by atoms with van der Waals surface area (Å²) in [5, 5.41) is 6.79. The highest BCUT2D eigenvalue weighted by Crippen LogP contribution is 2.28. The van der Waals surface area contributed by atoms with Crippen molar-refractivity contribution in [2.45, 2.75) is 31.7 Å². The van der Waals surface area contributed by atoms with Gasteiger partial charge in [-0.3, -0.25) is 14.7 Å². The second-order valence-electron chi connectivity index (χ2n) is 5.47. The lowest BCUT2D eigenvalue weighted by atomic mass is 9.95. The number of aromatic nitrogens is 3. The molecular weight excluding hydrogens is 290 g/mol. The molecule has 8 heteroatoms. The number of amides is 2. The first-order valence-corrected chi connectivity index (χ1v) is 8.31. The van der Waals surface area contributed by atoms with E-state index in [0.717, 1.165) is 31.8 Å². The molecule has 2 aliphatic heterocycles. The van der Waals surface area contributed by atoms with Crippen molar-refractivity contribution in [3.63, 3.8) is 0 Å². The van der Waals surface area contributed by atoms with Gasteiger partial charge >= 0.3 is 0 Å². The third-order valence-corrected chi connectivity index (χ3v) is 5.21. The minimum Gasteiger partial charge on any atom is -0.341 e. The molecule has 3 heterocycles. The van der Waals surface area contributed by atoms with Crippen molar-refractivity contribution < 1.29 is 9.59 Å². The lowest BCUT2D eigenvalue weighted by Crippen LogP contribution is -2.50. The number of nitrogens with one attached hydrogen (secondary N) is 1. The Labute approximate surface area is 127 Å². The highest BCUT2D eigenvalue weighted by Gasteiger charge is 2.37. The normalized spacial score (nSPS) is 23.6. The molecule has 1 aromatic heterocycles. The van der Waals surface area contributed by atoms with Crippen molar-refractivity contribution in [1.82, 2.24) is 25.0 Å². The van der Waals surface area contributed by atoms with Crippen molar-refractivity contribution in [3.05, 3.63) is 12.2 Å². The summed E-state index contributed by atoms with van der Waals surface area (Å²) in [7, 11) is 0. The zero-order valence-electron chi connectivity index (χ0n) is 12.0. The zero-order valence-corrected chi connectivity index (χ0v) is 12.8. The maximum atomic E-state index is 12.6. The molecule has 1 N–H and O–H groups in total. The van der Waals surface area contributed by atoms with E-state index in [1.165, 1.54) is 13.3 Å². The van der Waals surface area contributed by atoms with E-state index in [9.17, 15) is 9.59 Å². The number of H-pyrrole nitrogens is 1. The highest BCUT2D eigenvalue weighted by atomic mass is 32.2. The summed E-state index contributed by atoms with van der Waals surface area (Å²) in [5.74, 6) is 2.66. The summed E-state index contributed by atoms with van der Waals surface area (Å²) in [6.07, 6.45) is 3.30. The Hall–Kier alpha value is -1.57. The molecule has 0 saturated carbocycles. The molecule has 2 fully saturated rings. The minimum absolute atomic E-state index is 0.0186. The van der Waals surface area contributed by atoms with Crippen LogP contribution < -0.4 is 0 Å². The smallest absolute Gasteiger partial charge is 0.246 e. The fraction of sp³-hybridized carbons (Fsp3) is 0.692. The Morgan fingerprint density at radius 2 is 2.14 bits per heavy atom. The van der Waals surface area contributed by atoms with Crippen LogP contribution in [0.2, 0.25) is 0 Å². The van der Waals surface area contributed by atoms with E-state index >= 15 is 0 Å². The Morgan fingerprint density at radius 1 is 1.38 bits per heavy atom. The van der Waals surface area contributed by atoms with Gasteiger partial charge in [-0.25, -0.2) is 4.98 Å². The van der Waals surface area contributed by atoms with Gasteiger partial charge in [-0.2, -0.15) is 5.10 Å². The highest BCUT2D eigenvalue weighted by molar-refractivity contribution is 7.99. The topological polar surface area (TPSA) is 82.2 Å². The molecule has 3 rings (SSSR count). The molecule has 0 spiro atoms. The summed E-state index contributed by atoms with van der Waals surface area (Å²) in [5.41, 5.74) is 0. The molecule has 2 aliphatic rings. The average molecular weight is 309 g/mol. The first-order valence-electron chi connectivity index (χ1n) is 7.16. The van der Waals surface area contributed by atoms with Gasteiger partial charge in [0.1, 0.15) is 18.2 Å². The molecule has 0 aromatic carbocycles. The summed E-state index contributed by atoms with van der Waals surface area (Å²) in [6.45, 7) is 2.97. The fourth-order valence-corrected chi connectivity index (χ4v) is 4.16. The number of carbonyl (C=O) groups excluding carboxylic acids is 2. The summed E-state index contributed by atoms with van der Waals surface area (Å²) >= 11 is 1.64. The molecular formula is C13H19N5O2S. The molecule has 1 aromatic rings. The van der Waals surface area contributed by atoms with Crippen molar-refractivity contribution >= 4 is 23.6 Å². The molecule has 2 amide bonds. The van der Waals surface area contributed by atoms with Gasteiger partial charge in [0.2, 0.25) is 11.8 Å². The summed E-state index contributed by atoms with van der Waals surface area (Å²) < 4.78 is 0. The standard InChI is InChI=1S/C13H19N5O2S/c1-9(19)18-8-21-6-11(18)13(20)17-4-2-10(3-5-17)12-14-7-15-16-12/h7,10-11H,2-6,8H2,1H3,(H,14,15,16). The zero-order chi connectivity index (χ0) is 14.8. The van der Waals surface area contributed by atoms with E-state index in [-0.39, 0.29) is 17.9 Å². The summed E-state index contributed by atoms with van der Waals surface area (Å²) in [6, 6.07) is -0.283. The van der Waals surface area contributed by atoms with Crippen LogP contribution in [0.5, 0.6) is 0 Å².